The van der Waals surface area contributed by atoms with Gasteiger partial charge in [-0.3, -0.25) is 4.79 Å². The molecule has 1 atom stereocenters. The summed E-state index contributed by atoms with van der Waals surface area (Å²) < 4.78 is 0. The zero-order chi connectivity index (χ0) is 14.5. The number of amides is 1. The lowest BCUT2D eigenvalue weighted by Gasteiger charge is -2.12. The number of anilines is 1. The SMILES string of the molecule is Cc1ccc(Cl)cc1NC(=O)CNCC1CCN(C)C1. The maximum Gasteiger partial charge on any atom is 0.238 e. The second-order valence-electron chi connectivity index (χ2n) is 5.56. The third-order valence-corrected chi connectivity index (χ3v) is 3.92. The molecule has 5 heteroatoms. The van der Waals surface area contributed by atoms with Gasteiger partial charge in [-0.25, -0.2) is 0 Å². The normalized spacial score (nSPS) is 19.2. The molecule has 0 spiro atoms. The number of likely N-dealkylation sites (tertiary alicyclic amines) is 1. The lowest BCUT2D eigenvalue weighted by atomic mass is 10.1. The standard InChI is InChI=1S/C15H22ClN3O/c1-11-3-4-13(16)7-14(11)18-15(20)9-17-8-12-5-6-19(2)10-12/h3-4,7,12,17H,5-6,8-10H2,1-2H3,(H,18,20). The van der Waals surface area contributed by atoms with Crippen LogP contribution in [0.3, 0.4) is 0 Å². The quantitative estimate of drug-likeness (QED) is 0.875. The van der Waals surface area contributed by atoms with Crippen LogP contribution in [0.15, 0.2) is 18.2 Å². The van der Waals surface area contributed by atoms with E-state index in [9.17, 15) is 4.79 Å². The molecule has 1 heterocycles. The van der Waals surface area contributed by atoms with Gasteiger partial charge < -0.3 is 15.5 Å². The first-order chi connectivity index (χ1) is 9.54. The van der Waals surface area contributed by atoms with E-state index in [0.717, 1.165) is 30.9 Å². The van der Waals surface area contributed by atoms with Crippen molar-refractivity contribution in [3.63, 3.8) is 0 Å². The van der Waals surface area contributed by atoms with Crippen LogP contribution in [0.25, 0.3) is 0 Å². The molecule has 1 saturated heterocycles. The summed E-state index contributed by atoms with van der Waals surface area (Å²) in [5.74, 6) is 0.627. The van der Waals surface area contributed by atoms with E-state index in [1.807, 2.05) is 19.1 Å². The van der Waals surface area contributed by atoms with E-state index in [0.29, 0.717) is 17.5 Å². The van der Waals surface area contributed by atoms with Gasteiger partial charge in [0.1, 0.15) is 0 Å². The Bertz CT molecular complexity index is 478. The molecule has 2 rings (SSSR count). The van der Waals surface area contributed by atoms with Crippen molar-refractivity contribution < 1.29 is 4.79 Å². The molecule has 1 aromatic rings. The first kappa shape index (κ1) is 15.3. The molecular formula is C15H22ClN3O. The van der Waals surface area contributed by atoms with Crippen LogP contribution >= 0.6 is 11.6 Å². The van der Waals surface area contributed by atoms with E-state index < -0.39 is 0 Å². The number of nitrogens with one attached hydrogen (secondary N) is 2. The lowest BCUT2D eigenvalue weighted by molar-refractivity contribution is -0.115. The first-order valence-electron chi connectivity index (χ1n) is 7.00. The van der Waals surface area contributed by atoms with Crippen molar-refractivity contribution in [3.8, 4) is 0 Å². The Labute approximate surface area is 125 Å². The van der Waals surface area contributed by atoms with Crippen LogP contribution in [0.5, 0.6) is 0 Å². The highest BCUT2D eigenvalue weighted by molar-refractivity contribution is 6.31. The van der Waals surface area contributed by atoms with Gasteiger partial charge in [-0.15, -0.1) is 0 Å². The van der Waals surface area contributed by atoms with E-state index in [2.05, 4.69) is 22.6 Å². The molecule has 0 bridgehead atoms. The molecule has 1 aromatic carbocycles. The highest BCUT2D eigenvalue weighted by Crippen LogP contribution is 2.19. The Kier molecular flexibility index (Phi) is 5.40. The zero-order valence-electron chi connectivity index (χ0n) is 12.1. The molecule has 1 aliphatic heterocycles. The summed E-state index contributed by atoms with van der Waals surface area (Å²) in [7, 11) is 2.13. The molecule has 1 amide bonds. The van der Waals surface area contributed by atoms with Crippen molar-refractivity contribution in [2.45, 2.75) is 13.3 Å². The Morgan fingerprint density at radius 3 is 3.00 bits per heavy atom. The predicted octanol–water partition coefficient (Wildman–Crippen LogP) is 2.13. The van der Waals surface area contributed by atoms with E-state index in [1.54, 1.807) is 6.07 Å². The molecule has 1 fully saturated rings. The summed E-state index contributed by atoms with van der Waals surface area (Å²) in [6.07, 6.45) is 1.21. The van der Waals surface area contributed by atoms with Crippen molar-refractivity contribution in [1.82, 2.24) is 10.2 Å². The number of carbonyl (C=O) groups is 1. The fourth-order valence-corrected chi connectivity index (χ4v) is 2.68. The summed E-state index contributed by atoms with van der Waals surface area (Å²) >= 11 is 5.93. The fraction of sp³-hybridized carbons (Fsp3) is 0.533. The lowest BCUT2D eigenvalue weighted by Crippen LogP contribution is -2.32. The van der Waals surface area contributed by atoms with Gasteiger partial charge in [0.25, 0.3) is 0 Å². The number of benzene rings is 1. The van der Waals surface area contributed by atoms with Gasteiger partial charge in [0, 0.05) is 17.3 Å². The van der Waals surface area contributed by atoms with E-state index >= 15 is 0 Å². The summed E-state index contributed by atoms with van der Waals surface area (Å²) in [6.45, 7) is 5.45. The molecule has 20 heavy (non-hydrogen) atoms. The summed E-state index contributed by atoms with van der Waals surface area (Å²) in [6, 6.07) is 5.50. The largest absolute Gasteiger partial charge is 0.325 e. The van der Waals surface area contributed by atoms with Crippen molar-refractivity contribution >= 4 is 23.2 Å². The van der Waals surface area contributed by atoms with Crippen LogP contribution in [-0.2, 0) is 4.79 Å². The number of hydrogen-bond donors (Lipinski definition) is 2. The Morgan fingerprint density at radius 2 is 2.30 bits per heavy atom. The molecule has 0 radical (unpaired) electrons. The number of hydrogen-bond acceptors (Lipinski definition) is 3. The Balaban J connectivity index is 1.74. The molecule has 110 valence electrons. The third-order valence-electron chi connectivity index (χ3n) is 3.68. The van der Waals surface area contributed by atoms with Crippen molar-refractivity contribution in [2.24, 2.45) is 5.92 Å². The maximum absolute atomic E-state index is 11.9. The van der Waals surface area contributed by atoms with Crippen molar-refractivity contribution in [3.05, 3.63) is 28.8 Å². The third kappa shape index (κ3) is 4.47. The van der Waals surface area contributed by atoms with Crippen molar-refractivity contribution in [2.75, 3.05) is 38.5 Å². The number of carbonyl (C=O) groups excluding carboxylic acids is 1. The van der Waals surface area contributed by atoms with E-state index in [4.69, 9.17) is 11.6 Å². The van der Waals surface area contributed by atoms with Gasteiger partial charge in [-0.1, -0.05) is 17.7 Å². The highest BCUT2D eigenvalue weighted by atomic mass is 35.5. The van der Waals surface area contributed by atoms with Gasteiger partial charge in [-0.2, -0.15) is 0 Å². The van der Waals surface area contributed by atoms with Gasteiger partial charge in [0.15, 0.2) is 0 Å². The molecule has 1 unspecified atom stereocenters. The van der Waals surface area contributed by atoms with Gasteiger partial charge >= 0.3 is 0 Å². The highest BCUT2D eigenvalue weighted by Gasteiger charge is 2.18. The van der Waals surface area contributed by atoms with Gasteiger partial charge in [0.05, 0.1) is 6.54 Å². The number of halogens is 1. The van der Waals surface area contributed by atoms with Crippen LogP contribution in [0.1, 0.15) is 12.0 Å². The second kappa shape index (κ2) is 7.07. The topological polar surface area (TPSA) is 44.4 Å². The molecule has 0 saturated carbocycles. The average Bonchev–Trinajstić information content (AvgIpc) is 2.80. The Hall–Kier alpha value is -1.10. The monoisotopic (exact) mass is 295 g/mol. The van der Waals surface area contributed by atoms with Crippen LogP contribution in [0.2, 0.25) is 5.02 Å². The van der Waals surface area contributed by atoms with Gasteiger partial charge in [0.2, 0.25) is 5.91 Å². The number of rotatable bonds is 5. The molecule has 0 aliphatic carbocycles. The first-order valence-corrected chi connectivity index (χ1v) is 7.37. The minimum absolute atomic E-state index is 0.0262. The maximum atomic E-state index is 11.9. The number of nitrogens with zero attached hydrogens (tertiary/aromatic N) is 1. The van der Waals surface area contributed by atoms with Crippen LogP contribution in [0, 0.1) is 12.8 Å². The van der Waals surface area contributed by atoms with Crippen LogP contribution < -0.4 is 10.6 Å². The molecule has 4 nitrogen and oxygen atoms in total. The predicted molar refractivity (Wildman–Crippen MR) is 83.3 cm³/mol. The molecule has 2 N–H and O–H groups in total. The molecule has 0 aromatic heterocycles. The van der Waals surface area contributed by atoms with Gasteiger partial charge in [-0.05, 0) is 57.1 Å². The summed E-state index contributed by atoms with van der Waals surface area (Å²) in [5.41, 5.74) is 1.80. The van der Waals surface area contributed by atoms with E-state index in [1.165, 1.54) is 6.42 Å². The van der Waals surface area contributed by atoms with Crippen molar-refractivity contribution in [1.29, 1.82) is 0 Å². The molecular weight excluding hydrogens is 274 g/mol. The summed E-state index contributed by atoms with van der Waals surface area (Å²) in [4.78, 5) is 14.2. The van der Waals surface area contributed by atoms with E-state index in [-0.39, 0.29) is 5.91 Å². The minimum atomic E-state index is -0.0262. The Morgan fingerprint density at radius 1 is 1.50 bits per heavy atom. The second-order valence-corrected chi connectivity index (χ2v) is 5.99. The van der Waals surface area contributed by atoms with Crippen LogP contribution in [0.4, 0.5) is 5.69 Å². The summed E-state index contributed by atoms with van der Waals surface area (Å²) in [5, 5.41) is 6.75. The smallest absolute Gasteiger partial charge is 0.238 e. The fourth-order valence-electron chi connectivity index (χ4n) is 2.51. The zero-order valence-corrected chi connectivity index (χ0v) is 12.8. The molecule has 1 aliphatic rings. The average molecular weight is 296 g/mol. The number of aryl methyl sites for hydroxylation is 1. The minimum Gasteiger partial charge on any atom is -0.325 e. The van der Waals surface area contributed by atoms with Crippen LogP contribution in [-0.4, -0.2) is 44.0 Å².